The monoisotopic (exact) mass is 338 g/mol. The zero-order valence-corrected chi connectivity index (χ0v) is 15.2. The van der Waals surface area contributed by atoms with Crippen molar-refractivity contribution < 1.29 is 4.79 Å². The first-order valence-corrected chi connectivity index (χ1v) is 8.94. The number of rotatable bonds is 3. The summed E-state index contributed by atoms with van der Waals surface area (Å²) in [7, 11) is 0. The molecule has 1 saturated heterocycles. The summed E-state index contributed by atoms with van der Waals surface area (Å²) in [6.07, 6.45) is 5.22. The van der Waals surface area contributed by atoms with Crippen LogP contribution in [0.4, 0.5) is 11.6 Å². The van der Waals surface area contributed by atoms with E-state index in [0.29, 0.717) is 11.6 Å². The van der Waals surface area contributed by atoms with Crippen molar-refractivity contribution in [3.05, 3.63) is 47.8 Å². The highest BCUT2D eigenvalue weighted by Gasteiger charge is 2.20. The highest BCUT2D eigenvalue weighted by Crippen LogP contribution is 2.29. The van der Waals surface area contributed by atoms with Crippen molar-refractivity contribution in [1.82, 2.24) is 9.97 Å². The number of para-hydroxylation sites is 1. The summed E-state index contributed by atoms with van der Waals surface area (Å²) in [6, 6.07) is 9.59. The topological polar surface area (TPSA) is 58.1 Å². The van der Waals surface area contributed by atoms with Gasteiger partial charge in [-0.2, -0.15) is 0 Å². The summed E-state index contributed by atoms with van der Waals surface area (Å²) < 4.78 is 0. The minimum atomic E-state index is -0.197. The molecule has 5 heteroatoms. The summed E-state index contributed by atoms with van der Waals surface area (Å²) in [5, 5.41) is 3.02. The van der Waals surface area contributed by atoms with Crippen LogP contribution in [0.25, 0.3) is 0 Å². The van der Waals surface area contributed by atoms with Crippen molar-refractivity contribution >= 4 is 17.5 Å². The highest BCUT2D eigenvalue weighted by atomic mass is 16.1. The van der Waals surface area contributed by atoms with Gasteiger partial charge in [-0.15, -0.1) is 0 Å². The molecule has 1 aliphatic heterocycles. The van der Waals surface area contributed by atoms with Crippen LogP contribution in [0.3, 0.4) is 0 Å². The Bertz CT molecular complexity index is 745. The molecule has 0 atom stereocenters. The lowest BCUT2D eigenvalue weighted by molar-refractivity contribution is 0.102. The van der Waals surface area contributed by atoms with E-state index in [9.17, 15) is 4.79 Å². The van der Waals surface area contributed by atoms with E-state index in [1.165, 1.54) is 6.42 Å². The number of nitrogens with one attached hydrogen (secondary N) is 1. The van der Waals surface area contributed by atoms with E-state index in [0.717, 1.165) is 37.2 Å². The molecule has 0 saturated carbocycles. The van der Waals surface area contributed by atoms with Crippen LogP contribution in [0.2, 0.25) is 0 Å². The third-order valence-corrected chi connectivity index (χ3v) is 4.50. The van der Waals surface area contributed by atoms with Gasteiger partial charge in [0, 0.05) is 25.0 Å². The molecule has 1 fully saturated rings. The SMILES string of the molecule is CC(C)(C)c1ccccc1NC(=O)c1ccnc(N2CCCCC2)n1. The van der Waals surface area contributed by atoms with Crippen molar-refractivity contribution in [2.75, 3.05) is 23.3 Å². The van der Waals surface area contributed by atoms with Crippen LogP contribution in [-0.4, -0.2) is 29.0 Å². The molecule has 2 heterocycles. The van der Waals surface area contributed by atoms with Crippen LogP contribution in [0.15, 0.2) is 36.5 Å². The van der Waals surface area contributed by atoms with Gasteiger partial charge in [-0.05, 0) is 42.4 Å². The van der Waals surface area contributed by atoms with Gasteiger partial charge in [-0.3, -0.25) is 4.79 Å². The van der Waals surface area contributed by atoms with Crippen molar-refractivity contribution in [2.45, 2.75) is 45.4 Å². The van der Waals surface area contributed by atoms with E-state index in [1.54, 1.807) is 12.3 Å². The molecular formula is C20H26N4O. The van der Waals surface area contributed by atoms with Crippen LogP contribution in [0, 0.1) is 0 Å². The number of carbonyl (C=O) groups is 1. The molecule has 0 radical (unpaired) electrons. The number of anilines is 2. The molecule has 1 aromatic carbocycles. The fraction of sp³-hybridized carbons (Fsp3) is 0.450. The molecule has 25 heavy (non-hydrogen) atoms. The van der Waals surface area contributed by atoms with Gasteiger partial charge in [0.1, 0.15) is 5.69 Å². The first-order chi connectivity index (χ1) is 11.9. The molecule has 0 bridgehead atoms. The van der Waals surface area contributed by atoms with Gasteiger partial charge in [0.05, 0.1) is 0 Å². The van der Waals surface area contributed by atoms with Crippen LogP contribution in [-0.2, 0) is 5.41 Å². The summed E-state index contributed by atoms with van der Waals surface area (Å²) in [6.45, 7) is 8.32. The summed E-state index contributed by atoms with van der Waals surface area (Å²) in [4.78, 5) is 23.7. The molecule has 1 amide bonds. The Hall–Kier alpha value is -2.43. The third kappa shape index (κ3) is 4.16. The summed E-state index contributed by atoms with van der Waals surface area (Å²) >= 11 is 0. The molecule has 1 aliphatic rings. The zero-order chi connectivity index (χ0) is 17.9. The van der Waals surface area contributed by atoms with Crippen LogP contribution in [0.5, 0.6) is 0 Å². The van der Waals surface area contributed by atoms with Crippen LogP contribution >= 0.6 is 0 Å². The summed E-state index contributed by atoms with van der Waals surface area (Å²) in [5.74, 6) is 0.453. The van der Waals surface area contributed by atoms with E-state index in [1.807, 2.05) is 18.2 Å². The van der Waals surface area contributed by atoms with Crippen molar-refractivity contribution in [3.8, 4) is 0 Å². The highest BCUT2D eigenvalue weighted by molar-refractivity contribution is 6.03. The largest absolute Gasteiger partial charge is 0.341 e. The Balaban J connectivity index is 1.80. The minimum Gasteiger partial charge on any atom is -0.341 e. The molecule has 132 valence electrons. The van der Waals surface area contributed by atoms with Crippen molar-refractivity contribution in [2.24, 2.45) is 0 Å². The first-order valence-electron chi connectivity index (χ1n) is 8.94. The maximum absolute atomic E-state index is 12.7. The van der Waals surface area contributed by atoms with Gasteiger partial charge >= 0.3 is 0 Å². The third-order valence-electron chi connectivity index (χ3n) is 4.50. The van der Waals surface area contributed by atoms with Crippen molar-refractivity contribution in [1.29, 1.82) is 0 Å². The quantitative estimate of drug-likeness (QED) is 0.918. The molecular weight excluding hydrogens is 312 g/mol. The lowest BCUT2D eigenvalue weighted by atomic mass is 9.86. The number of benzene rings is 1. The molecule has 5 nitrogen and oxygen atoms in total. The second-order valence-corrected chi connectivity index (χ2v) is 7.54. The molecule has 0 spiro atoms. The Morgan fingerprint density at radius 1 is 1.08 bits per heavy atom. The van der Waals surface area contributed by atoms with Gasteiger partial charge in [0.2, 0.25) is 5.95 Å². The van der Waals surface area contributed by atoms with Gasteiger partial charge in [0.15, 0.2) is 0 Å². The average molecular weight is 338 g/mol. The number of hydrogen-bond acceptors (Lipinski definition) is 4. The second kappa shape index (κ2) is 7.21. The Kier molecular flexibility index (Phi) is 5.02. The predicted octanol–water partition coefficient (Wildman–Crippen LogP) is 4.02. The van der Waals surface area contributed by atoms with Gasteiger partial charge in [-0.1, -0.05) is 39.0 Å². The predicted molar refractivity (Wildman–Crippen MR) is 101 cm³/mol. The smallest absolute Gasteiger partial charge is 0.274 e. The van der Waals surface area contributed by atoms with Crippen molar-refractivity contribution in [3.63, 3.8) is 0 Å². The Morgan fingerprint density at radius 2 is 1.80 bits per heavy atom. The zero-order valence-electron chi connectivity index (χ0n) is 15.2. The molecule has 2 aromatic rings. The van der Waals surface area contributed by atoms with Gasteiger partial charge in [0.25, 0.3) is 5.91 Å². The fourth-order valence-corrected chi connectivity index (χ4v) is 3.15. The standard InChI is InChI=1S/C20H26N4O/c1-20(2,3)15-9-5-6-10-16(15)22-18(25)17-11-12-21-19(23-17)24-13-7-4-8-14-24/h5-6,9-12H,4,7-8,13-14H2,1-3H3,(H,22,25). The molecule has 1 aromatic heterocycles. The van der Waals surface area contributed by atoms with Crippen LogP contribution < -0.4 is 10.2 Å². The minimum absolute atomic E-state index is 0.0471. The maximum atomic E-state index is 12.7. The number of carbonyl (C=O) groups excluding carboxylic acids is 1. The molecule has 1 N–H and O–H groups in total. The van der Waals surface area contributed by atoms with Gasteiger partial charge in [-0.25, -0.2) is 9.97 Å². The number of hydrogen-bond donors (Lipinski definition) is 1. The second-order valence-electron chi connectivity index (χ2n) is 7.54. The van der Waals surface area contributed by atoms with E-state index in [2.05, 4.69) is 47.0 Å². The first kappa shape index (κ1) is 17.4. The molecule has 0 aliphatic carbocycles. The number of amides is 1. The number of nitrogens with zero attached hydrogens (tertiary/aromatic N) is 3. The number of aromatic nitrogens is 2. The average Bonchev–Trinajstić information content (AvgIpc) is 2.62. The number of piperidine rings is 1. The Labute approximate surface area is 149 Å². The normalized spacial score (nSPS) is 15.1. The Morgan fingerprint density at radius 3 is 2.52 bits per heavy atom. The van der Waals surface area contributed by atoms with Gasteiger partial charge < -0.3 is 10.2 Å². The summed E-state index contributed by atoms with van der Waals surface area (Å²) in [5.41, 5.74) is 2.29. The maximum Gasteiger partial charge on any atom is 0.274 e. The van der Waals surface area contributed by atoms with Crippen LogP contribution in [0.1, 0.15) is 56.1 Å². The van der Waals surface area contributed by atoms with E-state index in [-0.39, 0.29) is 11.3 Å². The lowest BCUT2D eigenvalue weighted by Crippen LogP contribution is -2.31. The molecule has 0 unspecified atom stereocenters. The lowest BCUT2D eigenvalue weighted by Gasteiger charge is -2.26. The fourth-order valence-electron chi connectivity index (χ4n) is 3.15. The van der Waals surface area contributed by atoms with E-state index in [4.69, 9.17) is 0 Å². The molecule has 3 rings (SSSR count). The van der Waals surface area contributed by atoms with E-state index < -0.39 is 0 Å². The van der Waals surface area contributed by atoms with E-state index >= 15 is 0 Å².